The van der Waals surface area contributed by atoms with Crippen molar-refractivity contribution in [1.82, 2.24) is 10.2 Å². The zero-order chi connectivity index (χ0) is 21.3. The number of primary amides is 1. The molecule has 0 unspecified atom stereocenters. The van der Waals surface area contributed by atoms with Crippen molar-refractivity contribution in [3.8, 4) is 11.5 Å². The number of ether oxygens (including phenoxy) is 2. The van der Waals surface area contributed by atoms with Crippen molar-refractivity contribution in [2.75, 3.05) is 26.2 Å². The highest BCUT2D eigenvalue weighted by molar-refractivity contribution is 5.92. The molecule has 1 aliphatic rings. The summed E-state index contributed by atoms with van der Waals surface area (Å²) in [7, 11) is 0. The molecule has 3 amide bonds. The maximum atomic E-state index is 12.4. The van der Waals surface area contributed by atoms with E-state index in [-0.39, 0.29) is 12.1 Å². The zero-order valence-corrected chi connectivity index (χ0v) is 17.3. The lowest BCUT2D eigenvalue weighted by Gasteiger charge is -2.32. The predicted molar refractivity (Wildman–Crippen MR) is 115 cm³/mol. The maximum Gasteiger partial charge on any atom is 0.317 e. The molecule has 30 heavy (non-hydrogen) atoms. The normalized spacial score (nSPS) is 14.2. The highest BCUT2D eigenvalue weighted by atomic mass is 16.5. The molecule has 0 atom stereocenters. The summed E-state index contributed by atoms with van der Waals surface area (Å²) < 4.78 is 11.7. The summed E-state index contributed by atoms with van der Waals surface area (Å²) in [5, 5.41) is 2.95. The second-order valence-electron chi connectivity index (χ2n) is 7.23. The van der Waals surface area contributed by atoms with Gasteiger partial charge in [0.2, 0.25) is 5.91 Å². The Bertz CT molecular complexity index is 863. The molecule has 7 heteroatoms. The number of para-hydroxylation sites is 2. The van der Waals surface area contributed by atoms with Crippen LogP contribution in [0, 0.1) is 0 Å². The van der Waals surface area contributed by atoms with Gasteiger partial charge in [0.15, 0.2) is 11.5 Å². The van der Waals surface area contributed by atoms with E-state index in [1.807, 2.05) is 42.2 Å². The quantitative estimate of drug-likeness (QED) is 0.698. The van der Waals surface area contributed by atoms with Gasteiger partial charge in [0.25, 0.3) is 0 Å². The molecule has 1 fully saturated rings. The molecule has 0 radical (unpaired) electrons. The van der Waals surface area contributed by atoms with Gasteiger partial charge in [-0.2, -0.15) is 0 Å². The molecular formula is C23H29N3O4. The molecule has 2 aromatic rings. The number of rotatable bonds is 8. The molecule has 2 aromatic carbocycles. The van der Waals surface area contributed by atoms with Crippen molar-refractivity contribution < 1.29 is 19.1 Å². The summed E-state index contributed by atoms with van der Waals surface area (Å²) in [5.41, 5.74) is 6.75. The van der Waals surface area contributed by atoms with Gasteiger partial charge in [0, 0.05) is 38.0 Å². The molecule has 1 heterocycles. The summed E-state index contributed by atoms with van der Waals surface area (Å²) in [6, 6.07) is 14.8. The Morgan fingerprint density at radius 2 is 1.83 bits per heavy atom. The SMILES string of the molecule is CCOc1ccccc1OC1CCN(C(=O)NCCc2cccc(C(N)=O)c2)CC1. The van der Waals surface area contributed by atoms with E-state index in [9.17, 15) is 9.59 Å². The summed E-state index contributed by atoms with van der Waals surface area (Å²) >= 11 is 0. The van der Waals surface area contributed by atoms with Crippen molar-refractivity contribution in [3.05, 3.63) is 59.7 Å². The maximum absolute atomic E-state index is 12.4. The van der Waals surface area contributed by atoms with E-state index in [0.717, 1.165) is 29.9 Å². The fourth-order valence-corrected chi connectivity index (χ4v) is 3.48. The minimum absolute atomic E-state index is 0.0622. The van der Waals surface area contributed by atoms with Crippen LogP contribution in [-0.4, -0.2) is 49.2 Å². The van der Waals surface area contributed by atoms with E-state index in [1.165, 1.54) is 0 Å². The van der Waals surface area contributed by atoms with Crippen molar-refractivity contribution in [3.63, 3.8) is 0 Å². The number of nitrogens with one attached hydrogen (secondary N) is 1. The van der Waals surface area contributed by atoms with Crippen molar-refractivity contribution in [1.29, 1.82) is 0 Å². The lowest BCUT2D eigenvalue weighted by atomic mass is 10.1. The lowest BCUT2D eigenvalue weighted by Crippen LogP contribution is -2.46. The summed E-state index contributed by atoms with van der Waals surface area (Å²) in [5.74, 6) is 1.05. The Labute approximate surface area is 177 Å². The standard InChI is InChI=1S/C23H29N3O4/c1-2-29-20-8-3-4-9-21(20)30-19-11-14-26(15-12-19)23(28)25-13-10-17-6-5-7-18(16-17)22(24)27/h3-9,16,19H,2,10-15H2,1H3,(H2,24,27)(H,25,28). The second-order valence-corrected chi connectivity index (χ2v) is 7.23. The van der Waals surface area contributed by atoms with Crippen molar-refractivity contribution in [2.45, 2.75) is 32.3 Å². The molecule has 7 nitrogen and oxygen atoms in total. The van der Waals surface area contributed by atoms with Crippen LogP contribution in [-0.2, 0) is 6.42 Å². The fraction of sp³-hybridized carbons (Fsp3) is 0.391. The predicted octanol–water partition coefficient (Wildman–Crippen LogP) is 2.98. The first-order valence-electron chi connectivity index (χ1n) is 10.4. The van der Waals surface area contributed by atoms with Crippen LogP contribution in [0.1, 0.15) is 35.7 Å². The first kappa shape index (κ1) is 21.5. The lowest BCUT2D eigenvalue weighted by molar-refractivity contribution is 0.0999. The van der Waals surface area contributed by atoms with Gasteiger partial charge in [-0.15, -0.1) is 0 Å². The number of amides is 3. The number of urea groups is 1. The number of nitrogens with two attached hydrogens (primary N) is 1. The molecule has 0 saturated carbocycles. The highest BCUT2D eigenvalue weighted by Gasteiger charge is 2.24. The van der Waals surface area contributed by atoms with Crippen LogP contribution in [0.4, 0.5) is 4.79 Å². The summed E-state index contributed by atoms with van der Waals surface area (Å²) in [4.78, 5) is 25.5. The second kappa shape index (κ2) is 10.5. The number of piperidine rings is 1. The molecule has 0 aliphatic carbocycles. The van der Waals surface area contributed by atoms with E-state index in [1.54, 1.807) is 18.2 Å². The average molecular weight is 412 g/mol. The van der Waals surface area contributed by atoms with Gasteiger partial charge >= 0.3 is 6.03 Å². The molecule has 160 valence electrons. The van der Waals surface area contributed by atoms with Crippen LogP contribution in [0.5, 0.6) is 11.5 Å². The van der Waals surface area contributed by atoms with Gasteiger partial charge in [0.1, 0.15) is 6.10 Å². The monoisotopic (exact) mass is 411 g/mol. The van der Waals surface area contributed by atoms with Gasteiger partial charge in [-0.3, -0.25) is 4.79 Å². The van der Waals surface area contributed by atoms with E-state index in [4.69, 9.17) is 15.2 Å². The smallest absolute Gasteiger partial charge is 0.317 e. The van der Waals surface area contributed by atoms with E-state index < -0.39 is 5.91 Å². The number of carbonyl (C=O) groups excluding carboxylic acids is 2. The number of carbonyl (C=O) groups is 2. The van der Waals surface area contributed by atoms with Crippen molar-refractivity contribution in [2.24, 2.45) is 5.73 Å². The van der Waals surface area contributed by atoms with E-state index in [2.05, 4.69) is 5.32 Å². The Balaban J connectivity index is 1.42. The van der Waals surface area contributed by atoms with Crippen LogP contribution in [0.25, 0.3) is 0 Å². The largest absolute Gasteiger partial charge is 0.490 e. The molecule has 1 aliphatic heterocycles. The third-order valence-electron chi connectivity index (χ3n) is 5.07. The molecule has 3 rings (SSSR count). The van der Waals surface area contributed by atoms with Crippen LogP contribution in [0.15, 0.2) is 48.5 Å². The average Bonchev–Trinajstić information content (AvgIpc) is 2.76. The van der Waals surface area contributed by atoms with Crippen LogP contribution in [0.3, 0.4) is 0 Å². The minimum atomic E-state index is -0.449. The zero-order valence-electron chi connectivity index (χ0n) is 17.3. The van der Waals surface area contributed by atoms with Crippen LogP contribution in [0.2, 0.25) is 0 Å². The van der Waals surface area contributed by atoms with Gasteiger partial charge < -0.3 is 25.4 Å². The molecule has 0 spiro atoms. The molecule has 0 aromatic heterocycles. The summed E-state index contributed by atoms with van der Waals surface area (Å²) in [6.07, 6.45) is 2.25. The minimum Gasteiger partial charge on any atom is -0.490 e. The third kappa shape index (κ3) is 5.89. The number of hydrogen-bond acceptors (Lipinski definition) is 4. The van der Waals surface area contributed by atoms with Gasteiger partial charge in [0.05, 0.1) is 6.61 Å². The first-order chi connectivity index (χ1) is 14.6. The van der Waals surface area contributed by atoms with Gasteiger partial charge in [-0.05, 0) is 43.2 Å². The topological polar surface area (TPSA) is 93.9 Å². The summed E-state index contributed by atoms with van der Waals surface area (Å²) in [6.45, 7) is 4.32. The van der Waals surface area contributed by atoms with E-state index >= 15 is 0 Å². The van der Waals surface area contributed by atoms with Gasteiger partial charge in [-0.25, -0.2) is 4.79 Å². The molecule has 1 saturated heterocycles. The highest BCUT2D eigenvalue weighted by Crippen LogP contribution is 2.29. The number of nitrogens with zero attached hydrogens (tertiary/aromatic N) is 1. The van der Waals surface area contributed by atoms with E-state index in [0.29, 0.717) is 38.2 Å². The Morgan fingerprint density at radius 1 is 1.10 bits per heavy atom. The Kier molecular flexibility index (Phi) is 7.54. The molecule has 3 N–H and O–H groups in total. The Hall–Kier alpha value is -3.22. The van der Waals surface area contributed by atoms with Crippen LogP contribution < -0.4 is 20.5 Å². The number of benzene rings is 2. The fourth-order valence-electron chi connectivity index (χ4n) is 3.48. The first-order valence-corrected chi connectivity index (χ1v) is 10.4. The number of hydrogen-bond donors (Lipinski definition) is 2. The molecular weight excluding hydrogens is 382 g/mol. The number of likely N-dealkylation sites (tertiary alicyclic amines) is 1. The Morgan fingerprint density at radius 3 is 2.53 bits per heavy atom. The third-order valence-corrected chi connectivity index (χ3v) is 5.07. The van der Waals surface area contributed by atoms with Gasteiger partial charge in [-0.1, -0.05) is 24.3 Å². The van der Waals surface area contributed by atoms with Crippen LogP contribution >= 0.6 is 0 Å². The van der Waals surface area contributed by atoms with Crippen molar-refractivity contribution >= 4 is 11.9 Å². The molecule has 0 bridgehead atoms.